The molecule has 0 radical (unpaired) electrons. The average Bonchev–Trinajstić information content (AvgIpc) is 2.44. The topological polar surface area (TPSA) is 70.2 Å². The summed E-state index contributed by atoms with van der Waals surface area (Å²) in [4.78, 5) is 23.3. The summed E-state index contributed by atoms with van der Waals surface area (Å²) in [5.41, 5.74) is 0.559. The molecular weight excluding hydrogens is 278 g/mol. The van der Waals surface area contributed by atoms with Crippen LogP contribution in [0.2, 0.25) is 5.02 Å². The van der Waals surface area contributed by atoms with Gasteiger partial charge in [0.15, 0.2) is 0 Å². The Morgan fingerprint density at radius 1 is 1.30 bits per heavy atom. The van der Waals surface area contributed by atoms with Gasteiger partial charge in [0.2, 0.25) is 11.8 Å². The van der Waals surface area contributed by atoms with E-state index in [0.29, 0.717) is 17.3 Å². The fourth-order valence-corrected chi connectivity index (χ4v) is 1.68. The normalized spacial score (nSPS) is 11.8. The Morgan fingerprint density at radius 3 is 2.65 bits per heavy atom. The molecule has 0 aromatic heterocycles. The summed E-state index contributed by atoms with van der Waals surface area (Å²) in [6, 6.07) is 6.58. The minimum atomic E-state index is -0.418. The lowest BCUT2D eigenvalue weighted by atomic mass is 10.3. The lowest BCUT2D eigenvalue weighted by Crippen LogP contribution is -2.45. The number of halogens is 1. The van der Waals surface area contributed by atoms with E-state index in [4.69, 9.17) is 11.6 Å². The fourth-order valence-electron chi connectivity index (χ4n) is 1.50. The van der Waals surface area contributed by atoms with Gasteiger partial charge in [-0.25, -0.2) is 0 Å². The van der Waals surface area contributed by atoms with Crippen LogP contribution in [0.5, 0.6) is 0 Å². The van der Waals surface area contributed by atoms with Crippen LogP contribution in [-0.4, -0.2) is 30.9 Å². The van der Waals surface area contributed by atoms with Crippen molar-refractivity contribution in [3.63, 3.8) is 0 Å². The van der Waals surface area contributed by atoms with Gasteiger partial charge in [0.05, 0.1) is 23.3 Å². The highest BCUT2D eigenvalue weighted by Gasteiger charge is 2.13. The standard InChI is InChI=1S/C14H20ClN3O2/c1-3-8-16-14(20)10(2)17-9-13(19)18-12-7-5-4-6-11(12)15/h4-7,10,17H,3,8-9H2,1-2H3,(H,16,20)(H,18,19). The molecule has 110 valence electrons. The molecule has 0 aliphatic heterocycles. The van der Waals surface area contributed by atoms with Crippen LogP contribution in [0.4, 0.5) is 5.69 Å². The first kappa shape index (κ1) is 16.5. The lowest BCUT2D eigenvalue weighted by molar-refractivity contribution is -0.123. The quantitative estimate of drug-likeness (QED) is 0.718. The van der Waals surface area contributed by atoms with E-state index in [9.17, 15) is 9.59 Å². The van der Waals surface area contributed by atoms with E-state index in [2.05, 4.69) is 16.0 Å². The van der Waals surface area contributed by atoms with Gasteiger partial charge in [0.1, 0.15) is 0 Å². The molecule has 0 aliphatic rings. The highest BCUT2D eigenvalue weighted by Crippen LogP contribution is 2.19. The number of anilines is 1. The molecule has 0 bridgehead atoms. The summed E-state index contributed by atoms with van der Waals surface area (Å²) in [7, 11) is 0. The van der Waals surface area contributed by atoms with Crippen LogP contribution in [0.15, 0.2) is 24.3 Å². The van der Waals surface area contributed by atoms with Gasteiger partial charge in [0.25, 0.3) is 0 Å². The van der Waals surface area contributed by atoms with E-state index in [1.165, 1.54) is 0 Å². The zero-order valence-corrected chi connectivity index (χ0v) is 12.5. The van der Waals surface area contributed by atoms with Gasteiger partial charge in [-0.15, -0.1) is 0 Å². The van der Waals surface area contributed by atoms with Crippen LogP contribution >= 0.6 is 11.6 Å². The van der Waals surface area contributed by atoms with E-state index in [-0.39, 0.29) is 18.4 Å². The summed E-state index contributed by atoms with van der Waals surface area (Å²) in [5.74, 6) is -0.356. The highest BCUT2D eigenvalue weighted by molar-refractivity contribution is 6.33. The first-order valence-corrected chi connectivity index (χ1v) is 6.98. The van der Waals surface area contributed by atoms with E-state index in [1.807, 2.05) is 6.92 Å². The van der Waals surface area contributed by atoms with Crippen molar-refractivity contribution in [2.75, 3.05) is 18.4 Å². The Labute approximate surface area is 124 Å². The maximum absolute atomic E-state index is 11.7. The molecule has 2 amide bonds. The Bertz CT molecular complexity index is 465. The number of carbonyl (C=O) groups is 2. The molecule has 0 saturated carbocycles. The molecule has 1 aromatic rings. The second-order valence-electron chi connectivity index (χ2n) is 4.42. The number of nitrogens with one attached hydrogen (secondary N) is 3. The summed E-state index contributed by atoms with van der Waals surface area (Å²) < 4.78 is 0. The molecule has 1 rings (SSSR count). The minimum Gasteiger partial charge on any atom is -0.355 e. The zero-order chi connectivity index (χ0) is 15.0. The van der Waals surface area contributed by atoms with Crippen LogP contribution in [0.1, 0.15) is 20.3 Å². The number of hydrogen-bond donors (Lipinski definition) is 3. The van der Waals surface area contributed by atoms with Crippen molar-refractivity contribution >= 4 is 29.1 Å². The van der Waals surface area contributed by atoms with Crippen LogP contribution in [0.3, 0.4) is 0 Å². The third-order valence-electron chi connectivity index (χ3n) is 2.66. The van der Waals surface area contributed by atoms with Gasteiger partial charge in [-0.2, -0.15) is 0 Å². The molecule has 20 heavy (non-hydrogen) atoms. The average molecular weight is 298 g/mol. The number of para-hydroxylation sites is 1. The number of amides is 2. The Hall–Kier alpha value is -1.59. The van der Waals surface area contributed by atoms with Gasteiger partial charge in [-0.3, -0.25) is 14.9 Å². The first-order valence-electron chi connectivity index (χ1n) is 6.60. The molecule has 3 N–H and O–H groups in total. The van der Waals surface area contributed by atoms with Crippen molar-refractivity contribution in [1.82, 2.24) is 10.6 Å². The summed E-state index contributed by atoms with van der Waals surface area (Å²) in [6.45, 7) is 4.38. The Morgan fingerprint density at radius 2 is 2.00 bits per heavy atom. The molecule has 0 aliphatic carbocycles. The van der Waals surface area contributed by atoms with Crippen molar-refractivity contribution in [1.29, 1.82) is 0 Å². The number of rotatable bonds is 7. The van der Waals surface area contributed by atoms with E-state index < -0.39 is 6.04 Å². The van der Waals surface area contributed by atoms with Crippen molar-refractivity contribution in [3.8, 4) is 0 Å². The number of hydrogen-bond acceptors (Lipinski definition) is 3. The second kappa shape index (κ2) is 8.55. The van der Waals surface area contributed by atoms with Crippen molar-refractivity contribution < 1.29 is 9.59 Å². The van der Waals surface area contributed by atoms with Crippen LogP contribution in [-0.2, 0) is 9.59 Å². The van der Waals surface area contributed by atoms with Crippen molar-refractivity contribution in [2.24, 2.45) is 0 Å². The van der Waals surface area contributed by atoms with Crippen molar-refractivity contribution in [3.05, 3.63) is 29.3 Å². The molecule has 0 heterocycles. The van der Waals surface area contributed by atoms with Gasteiger partial charge in [0, 0.05) is 6.54 Å². The zero-order valence-electron chi connectivity index (χ0n) is 11.7. The molecule has 6 heteroatoms. The van der Waals surface area contributed by atoms with Crippen LogP contribution in [0.25, 0.3) is 0 Å². The maximum Gasteiger partial charge on any atom is 0.238 e. The van der Waals surface area contributed by atoms with E-state index in [1.54, 1.807) is 31.2 Å². The first-order chi connectivity index (χ1) is 9.54. The van der Waals surface area contributed by atoms with Crippen LogP contribution in [0, 0.1) is 0 Å². The molecular formula is C14H20ClN3O2. The molecule has 1 unspecified atom stereocenters. The lowest BCUT2D eigenvalue weighted by Gasteiger charge is -2.14. The largest absolute Gasteiger partial charge is 0.355 e. The fraction of sp³-hybridized carbons (Fsp3) is 0.429. The second-order valence-corrected chi connectivity index (χ2v) is 4.83. The molecule has 1 atom stereocenters. The maximum atomic E-state index is 11.7. The third kappa shape index (κ3) is 5.59. The molecule has 5 nitrogen and oxygen atoms in total. The minimum absolute atomic E-state index is 0.0476. The summed E-state index contributed by atoms with van der Waals surface area (Å²) in [5, 5.41) is 8.79. The predicted octanol–water partition coefficient (Wildman–Crippen LogP) is 1.78. The molecule has 0 fully saturated rings. The van der Waals surface area contributed by atoms with Gasteiger partial charge in [-0.1, -0.05) is 30.7 Å². The molecule has 0 spiro atoms. The number of benzene rings is 1. The summed E-state index contributed by atoms with van der Waals surface area (Å²) >= 11 is 5.94. The van der Waals surface area contributed by atoms with E-state index >= 15 is 0 Å². The summed E-state index contributed by atoms with van der Waals surface area (Å²) in [6.07, 6.45) is 0.880. The molecule has 0 saturated heterocycles. The molecule has 1 aromatic carbocycles. The number of carbonyl (C=O) groups excluding carboxylic acids is 2. The smallest absolute Gasteiger partial charge is 0.238 e. The van der Waals surface area contributed by atoms with Gasteiger partial charge in [-0.05, 0) is 25.5 Å². The Kier molecular flexibility index (Phi) is 7.04. The van der Waals surface area contributed by atoms with Gasteiger partial charge >= 0.3 is 0 Å². The third-order valence-corrected chi connectivity index (χ3v) is 2.99. The van der Waals surface area contributed by atoms with Crippen LogP contribution < -0.4 is 16.0 Å². The SMILES string of the molecule is CCCNC(=O)C(C)NCC(=O)Nc1ccccc1Cl. The van der Waals surface area contributed by atoms with E-state index in [0.717, 1.165) is 6.42 Å². The highest BCUT2D eigenvalue weighted by atomic mass is 35.5. The Balaban J connectivity index is 2.36. The van der Waals surface area contributed by atoms with Crippen molar-refractivity contribution in [2.45, 2.75) is 26.3 Å². The predicted molar refractivity (Wildman–Crippen MR) is 80.8 cm³/mol. The monoisotopic (exact) mass is 297 g/mol. The van der Waals surface area contributed by atoms with Gasteiger partial charge < -0.3 is 10.6 Å².